The van der Waals surface area contributed by atoms with Crippen LogP contribution in [-0.4, -0.2) is 5.11 Å². The molecular weight excluding hydrogens is 193 g/mol. The molecule has 0 spiro atoms. The maximum Gasteiger partial charge on any atom is 0.165 e. The van der Waals surface area contributed by atoms with Crippen LogP contribution in [0.1, 0.15) is 24.9 Å². The maximum absolute atomic E-state index is 12.8. The Morgan fingerprint density at radius 3 is 2.69 bits per heavy atom. The Morgan fingerprint density at radius 1 is 1.54 bits per heavy atom. The van der Waals surface area contributed by atoms with Crippen molar-refractivity contribution in [3.8, 4) is 5.75 Å². The SMILES string of the molecule is CC[C@@H](N)c1cccc(F)c1O.Cl. The number of para-hydroxylation sites is 1. The van der Waals surface area contributed by atoms with Crippen LogP contribution in [-0.2, 0) is 0 Å². The van der Waals surface area contributed by atoms with Crippen molar-refractivity contribution in [2.75, 3.05) is 0 Å². The van der Waals surface area contributed by atoms with Gasteiger partial charge in [0.25, 0.3) is 0 Å². The summed E-state index contributed by atoms with van der Waals surface area (Å²) in [6.45, 7) is 1.88. The molecule has 0 aliphatic rings. The molecule has 1 atom stereocenters. The summed E-state index contributed by atoms with van der Waals surface area (Å²) in [7, 11) is 0. The lowest BCUT2D eigenvalue weighted by molar-refractivity contribution is 0.419. The predicted molar refractivity (Wildman–Crippen MR) is 52.5 cm³/mol. The maximum atomic E-state index is 12.8. The van der Waals surface area contributed by atoms with E-state index in [1.54, 1.807) is 12.1 Å². The summed E-state index contributed by atoms with van der Waals surface area (Å²) in [5, 5.41) is 9.24. The molecule has 74 valence electrons. The second-order valence-corrected chi connectivity index (χ2v) is 2.69. The molecular formula is C9H13ClFNO. The Morgan fingerprint density at radius 2 is 2.15 bits per heavy atom. The molecule has 13 heavy (non-hydrogen) atoms. The molecule has 2 nitrogen and oxygen atoms in total. The zero-order chi connectivity index (χ0) is 9.14. The Labute approximate surface area is 83.0 Å². The fourth-order valence-corrected chi connectivity index (χ4v) is 1.05. The van der Waals surface area contributed by atoms with Gasteiger partial charge in [-0.15, -0.1) is 12.4 Å². The van der Waals surface area contributed by atoms with E-state index in [-0.39, 0.29) is 24.2 Å². The van der Waals surface area contributed by atoms with Gasteiger partial charge in [0.1, 0.15) is 0 Å². The molecule has 3 N–H and O–H groups in total. The van der Waals surface area contributed by atoms with Crippen molar-refractivity contribution < 1.29 is 9.50 Å². The Hall–Kier alpha value is -0.800. The monoisotopic (exact) mass is 205 g/mol. The minimum Gasteiger partial charge on any atom is -0.505 e. The van der Waals surface area contributed by atoms with E-state index in [2.05, 4.69) is 0 Å². The number of benzene rings is 1. The minimum atomic E-state index is -0.614. The van der Waals surface area contributed by atoms with Crippen LogP contribution in [0.15, 0.2) is 18.2 Å². The molecule has 1 aromatic carbocycles. The van der Waals surface area contributed by atoms with Crippen LogP contribution >= 0.6 is 12.4 Å². The van der Waals surface area contributed by atoms with Crippen molar-refractivity contribution in [1.82, 2.24) is 0 Å². The van der Waals surface area contributed by atoms with Gasteiger partial charge >= 0.3 is 0 Å². The number of phenolic OH excluding ortho intramolecular Hbond substituents is 1. The van der Waals surface area contributed by atoms with Crippen LogP contribution in [0.3, 0.4) is 0 Å². The zero-order valence-electron chi connectivity index (χ0n) is 7.33. The van der Waals surface area contributed by atoms with Crippen molar-refractivity contribution in [3.05, 3.63) is 29.6 Å². The van der Waals surface area contributed by atoms with Gasteiger partial charge in [0.15, 0.2) is 11.6 Å². The van der Waals surface area contributed by atoms with Crippen molar-refractivity contribution in [3.63, 3.8) is 0 Å². The van der Waals surface area contributed by atoms with Crippen molar-refractivity contribution in [1.29, 1.82) is 0 Å². The highest BCUT2D eigenvalue weighted by molar-refractivity contribution is 5.85. The first-order chi connectivity index (χ1) is 5.66. The predicted octanol–water partition coefficient (Wildman–Crippen LogP) is 2.36. The fraction of sp³-hybridized carbons (Fsp3) is 0.333. The first kappa shape index (κ1) is 12.2. The molecule has 0 radical (unpaired) electrons. The summed E-state index contributed by atoms with van der Waals surface area (Å²) in [4.78, 5) is 0. The third kappa shape index (κ3) is 2.57. The van der Waals surface area contributed by atoms with Gasteiger partial charge in [-0.05, 0) is 12.5 Å². The van der Waals surface area contributed by atoms with E-state index >= 15 is 0 Å². The Balaban J connectivity index is 0.00000144. The largest absolute Gasteiger partial charge is 0.505 e. The second-order valence-electron chi connectivity index (χ2n) is 2.69. The summed E-state index contributed by atoms with van der Waals surface area (Å²) in [5.74, 6) is -0.941. The molecule has 0 saturated heterocycles. The number of hydrogen-bond acceptors (Lipinski definition) is 2. The van der Waals surface area contributed by atoms with Crippen molar-refractivity contribution >= 4 is 12.4 Å². The molecule has 0 aliphatic heterocycles. The lowest BCUT2D eigenvalue weighted by Gasteiger charge is -2.10. The van der Waals surface area contributed by atoms with Crippen LogP contribution in [0.4, 0.5) is 4.39 Å². The summed E-state index contributed by atoms with van der Waals surface area (Å²) in [5.41, 5.74) is 6.11. The number of hydrogen-bond donors (Lipinski definition) is 2. The van der Waals surface area contributed by atoms with Gasteiger partial charge in [-0.25, -0.2) is 4.39 Å². The van der Waals surface area contributed by atoms with Gasteiger partial charge < -0.3 is 10.8 Å². The van der Waals surface area contributed by atoms with Gasteiger partial charge in [-0.2, -0.15) is 0 Å². The highest BCUT2D eigenvalue weighted by atomic mass is 35.5. The zero-order valence-corrected chi connectivity index (χ0v) is 8.14. The van der Waals surface area contributed by atoms with Crippen molar-refractivity contribution in [2.45, 2.75) is 19.4 Å². The number of nitrogens with two attached hydrogens (primary N) is 1. The third-order valence-corrected chi connectivity index (χ3v) is 1.86. The van der Waals surface area contributed by atoms with Gasteiger partial charge in [0, 0.05) is 11.6 Å². The van der Waals surface area contributed by atoms with Gasteiger partial charge in [-0.1, -0.05) is 19.1 Å². The van der Waals surface area contributed by atoms with Crippen molar-refractivity contribution in [2.24, 2.45) is 5.73 Å². The van der Waals surface area contributed by atoms with Gasteiger partial charge in [0.2, 0.25) is 0 Å². The number of halogens is 2. The smallest absolute Gasteiger partial charge is 0.165 e. The average molecular weight is 206 g/mol. The lowest BCUT2D eigenvalue weighted by Crippen LogP contribution is -2.09. The number of aromatic hydroxyl groups is 1. The number of rotatable bonds is 2. The van der Waals surface area contributed by atoms with Crippen LogP contribution in [0.2, 0.25) is 0 Å². The molecule has 0 aromatic heterocycles. The third-order valence-electron chi connectivity index (χ3n) is 1.86. The van der Waals surface area contributed by atoms with Crippen LogP contribution in [0.5, 0.6) is 5.75 Å². The fourth-order valence-electron chi connectivity index (χ4n) is 1.05. The highest BCUT2D eigenvalue weighted by Crippen LogP contribution is 2.26. The molecule has 0 fully saturated rings. The molecule has 0 saturated carbocycles. The summed E-state index contributed by atoms with van der Waals surface area (Å²) in [6, 6.07) is 4.09. The van der Waals surface area contributed by atoms with Crippen LogP contribution in [0.25, 0.3) is 0 Å². The van der Waals surface area contributed by atoms with E-state index in [4.69, 9.17) is 5.73 Å². The summed E-state index contributed by atoms with van der Waals surface area (Å²) >= 11 is 0. The molecule has 0 unspecified atom stereocenters. The van der Waals surface area contributed by atoms with Crippen LogP contribution < -0.4 is 5.73 Å². The molecule has 4 heteroatoms. The summed E-state index contributed by atoms with van der Waals surface area (Å²) in [6.07, 6.45) is 0.678. The second kappa shape index (κ2) is 5.04. The van der Waals surface area contributed by atoms with Gasteiger partial charge in [0.05, 0.1) is 0 Å². The molecule has 0 aliphatic carbocycles. The Bertz CT molecular complexity index is 280. The van der Waals surface area contributed by atoms with E-state index in [1.807, 2.05) is 6.92 Å². The van der Waals surface area contributed by atoms with E-state index in [1.165, 1.54) is 6.07 Å². The lowest BCUT2D eigenvalue weighted by atomic mass is 10.0. The molecule has 0 amide bonds. The average Bonchev–Trinajstić information content (AvgIpc) is 2.08. The van der Waals surface area contributed by atoms with Crippen LogP contribution in [0, 0.1) is 5.82 Å². The topological polar surface area (TPSA) is 46.2 Å². The quantitative estimate of drug-likeness (QED) is 0.779. The molecule has 1 rings (SSSR count). The van der Waals surface area contributed by atoms with E-state index in [9.17, 15) is 9.50 Å². The van der Waals surface area contributed by atoms with E-state index in [0.29, 0.717) is 12.0 Å². The summed E-state index contributed by atoms with van der Waals surface area (Å²) < 4.78 is 12.8. The molecule has 1 aromatic rings. The van der Waals surface area contributed by atoms with E-state index < -0.39 is 5.82 Å². The minimum absolute atomic E-state index is 0. The van der Waals surface area contributed by atoms with E-state index in [0.717, 1.165) is 0 Å². The van der Waals surface area contributed by atoms with Gasteiger partial charge in [-0.3, -0.25) is 0 Å². The first-order valence-corrected chi connectivity index (χ1v) is 3.89. The highest BCUT2D eigenvalue weighted by Gasteiger charge is 2.11. The molecule has 0 heterocycles. The normalized spacial score (nSPS) is 11.9. The Kier molecular flexibility index (Phi) is 4.73. The standard InChI is InChI=1S/C9H12FNO.ClH/c1-2-8(11)6-4-3-5-7(10)9(6)12;/h3-5,8,12H,2,11H2,1H3;1H/t8-;/m1./s1. The number of phenols is 1. The first-order valence-electron chi connectivity index (χ1n) is 3.89. The molecule has 0 bridgehead atoms.